The maximum Gasteiger partial charge on any atom is 0.264 e. The van der Waals surface area contributed by atoms with Crippen LogP contribution in [0.3, 0.4) is 0 Å². The Balaban J connectivity index is 1.48. The Morgan fingerprint density at radius 1 is 1.24 bits per heavy atom. The van der Waals surface area contributed by atoms with Crippen LogP contribution < -0.4 is 5.56 Å². The molecule has 0 N–H and O–H groups in total. The molecule has 8 heteroatoms. The third-order valence-corrected chi connectivity index (χ3v) is 7.01. The van der Waals surface area contributed by atoms with E-state index in [9.17, 15) is 9.59 Å². The predicted octanol–water partition coefficient (Wildman–Crippen LogP) is 5.00. The lowest BCUT2D eigenvalue weighted by Crippen LogP contribution is -2.36. The van der Waals surface area contributed by atoms with E-state index in [1.165, 1.54) is 0 Å². The van der Waals surface area contributed by atoms with E-state index in [4.69, 9.17) is 16.1 Å². The molecule has 2 atom stereocenters. The van der Waals surface area contributed by atoms with Crippen LogP contribution in [0, 0.1) is 12.8 Å². The van der Waals surface area contributed by atoms with Gasteiger partial charge in [-0.2, -0.15) is 0 Å². The second-order valence-corrected chi connectivity index (χ2v) is 9.29. The Kier molecular flexibility index (Phi) is 5.66. The first-order chi connectivity index (χ1) is 16.0. The summed E-state index contributed by atoms with van der Waals surface area (Å²) in [7, 11) is 1.83. The molecule has 5 rings (SSSR count). The zero-order chi connectivity index (χ0) is 23.1. The summed E-state index contributed by atoms with van der Waals surface area (Å²) in [5, 5.41) is 5.92. The summed E-state index contributed by atoms with van der Waals surface area (Å²) in [6.45, 7) is 2.39. The van der Waals surface area contributed by atoms with Crippen LogP contribution in [0.5, 0.6) is 0 Å². The largest absolute Gasteiger partial charge is 0.360 e. The van der Waals surface area contributed by atoms with Crippen molar-refractivity contribution in [1.29, 1.82) is 0 Å². The maximum absolute atomic E-state index is 13.6. The van der Waals surface area contributed by atoms with Crippen molar-refractivity contribution < 1.29 is 9.32 Å². The Morgan fingerprint density at radius 2 is 2.09 bits per heavy atom. The fraction of sp³-hybridized carbons (Fsp3) is 0.360. The highest BCUT2D eigenvalue weighted by Gasteiger charge is 2.29. The first-order valence-corrected chi connectivity index (χ1v) is 11.6. The molecule has 1 amide bonds. The number of benzene rings is 1. The number of carbonyl (C=O) groups is 1. The molecule has 0 spiro atoms. The Labute approximate surface area is 195 Å². The molecule has 1 fully saturated rings. The van der Waals surface area contributed by atoms with Gasteiger partial charge in [-0.15, -0.1) is 0 Å². The van der Waals surface area contributed by atoms with Gasteiger partial charge in [0.1, 0.15) is 16.7 Å². The summed E-state index contributed by atoms with van der Waals surface area (Å²) in [4.78, 5) is 32.2. The van der Waals surface area contributed by atoms with Gasteiger partial charge in [-0.1, -0.05) is 29.2 Å². The monoisotopic (exact) mass is 464 g/mol. The number of rotatable bonds is 4. The molecule has 1 saturated carbocycles. The van der Waals surface area contributed by atoms with Gasteiger partial charge in [0.15, 0.2) is 0 Å². The van der Waals surface area contributed by atoms with Crippen molar-refractivity contribution in [3.8, 4) is 0 Å². The molecule has 7 nitrogen and oxygen atoms in total. The molecule has 0 saturated heterocycles. The summed E-state index contributed by atoms with van der Waals surface area (Å²) in [6.07, 6.45) is 6.96. The van der Waals surface area contributed by atoms with Crippen molar-refractivity contribution in [3.63, 3.8) is 0 Å². The zero-order valence-corrected chi connectivity index (χ0v) is 19.4. The molecule has 0 aliphatic heterocycles. The van der Waals surface area contributed by atoms with Gasteiger partial charge in [0.25, 0.3) is 11.5 Å². The van der Waals surface area contributed by atoms with E-state index in [1.807, 2.05) is 29.8 Å². The zero-order valence-electron chi connectivity index (χ0n) is 18.6. The molecule has 0 radical (unpaired) electrons. The van der Waals surface area contributed by atoms with Gasteiger partial charge < -0.3 is 14.0 Å². The first kappa shape index (κ1) is 21.6. The molecule has 1 aromatic carbocycles. The summed E-state index contributed by atoms with van der Waals surface area (Å²) in [5.74, 6) is 0.746. The van der Waals surface area contributed by atoms with Gasteiger partial charge in [0, 0.05) is 37.4 Å². The number of aryl methyl sites for hydroxylation is 1. The fourth-order valence-electron chi connectivity index (χ4n) is 5.18. The Morgan fingerprint density at radius 3 is 2.88 bits per heavy atom. The van der Waals surface area contributed by atoms with Gasteiger partial charge in [-0.3, -0.25) is 14.6 Å². The van der Waals surface area contributed by atoms with Gasteiger partial charge in [0.05, 0.1) is 16.1 Å². The van der Waals surface area contributed by atoms with Crippen LogP contribution in [0.4, 0.5) is 0 Å². The average Bonchev–Trinajstić information content (AvgIpc) is 3.21. The van der Waals surface area contributed by atoms with Crippen LogP contribution in [-0.4, -0.2) is 39.1 Å². The smallest absolute Gasteiger partial charge is 0.264 e. The van der Waals surface area contributed by atoms with Gasteiger partial charge in [-0.25, -0.2) is 0 Å². The maximum atomic E-state index is 13.6. The van der Waals surface area contributed by atoms with E-state index >= 15 is 0 Å². The molecule has 1 aliphatic carbocycles. The normalized spacial score (nSPS) is 18.6. The van der Waals surface area contributed by atoms with Crippen LogP contribution in [0.15, 0.2) is 52.0 Å². The van der Waals surface area contributed by atoms with Gasteiger partial charge in [0.2, 0.25) is 0 Å². The van der Waals surface area contributed by atoms with Crippen molar-refractivity contribution in [2.75, 3.05) is 13.6 Å². The standard InChI is InChI=1S/C25H25ClN4O3/c1-15-21-23(28-33-15)22-19(26)9-4-10-20(22)30(25(21)32)18-8-3-6-16(12-18)14-29(2)24(31)17-7-5-11-27-13-17/h4-5,7,9-11,13,16,18H,3,6,8,12,14H2,1-2H3. The van der Waals surface area contributed by atoms with Crippen LogP contribution in [0.2, 0.25) is 5.02 Å². The number of hydrogen-bond donors (Lipinski definition) is 0. The van der Waals surface area contributed by atoms with Crippen molar-refractivity contribution in [3.05, 3.63) is 69.4 Å². The number of nitrogens with zero attached hydrogens (tertiary/aromatic N) is 4. The van der Waals surface area contributed by atoms with Crippen LogP contribution >= 0.6 is 11.6 Å². The number of carbonyl (C=O) groups excluding carboxylic acids is 1. The minimum Gasteiger partial charge on any atom is -0.360 e. The molecule has 33 heavy (non-hydrogen) atoms. The first-order valence-electron chi connectivity index (χ1n) is 11.2. The van der Waals surface area contributed by atoms with Crippen molar-refractivity contribution in [2.24, 2.45) is 5.92 Å². The van der Waals surface area contributed by atoms with Gasteiger partial charge >= 0.3 is 0 Å². The number of hydrogen-bond acceptors (Lipinski definition) is 5. The highest BCUT2D eigenvalue weighted by atomic mass is 35.5. The molecule has 3 heterocycles. The van der Waals surface area contributed by atoms with Crippen molar-refractivity contribution in [2.45, 2.75) is 38.6 Å². The number of halogens is 1. The lowest BCUT2D eigenvalue weighted by atomic mass is 9.84. The van der Waals surface area contributed by atoms with E-state index in [0.717, 1.165) is 36.6 Å². The van der Waals surface area contributed by atoms with E-state index < -0.39 is 0 Å². The van der Waals surface area contributed by atoms with Crippen LogP contribution in [0.25, 0.3) is 21.8 Å². The molecular weight excluding hydrogens is 440 g/mol. The molecule has 3 aromatic heterocycles. The second-order valence-electron chi connectivity index (χ2n) is 8.89. The van der Waals surface area contributed by atoms with Gasteiger partial charge in [-0.05, 0) is 56.4 Å². The SMILES string of the molecule is Cc1onc2c1c(=O)n(C1CCCC(CN(C)C(=O)c3cccnc3)C1)c1cccc(Cl)c21. The van der Waals surface area contributed by atoms with Crippen LogP contribution in [-0.2, 0) is 0 Å². The topological polar surface area (TPSA) is 81.2 Å². The predicted molar refractivity (Wildman–Crippen MR) is 128 cm³/mol. The third kappa shape index (κ3) is 3.80. The molecule has 2 unspecified atom stereocenters. The molecule has 170 valence electrons. The average molecular weight is 465 g/mol. The van der Waals surface area contributed by atoms with E-state index in [1.54, 1.807) is 36.4 Å². The minimum absolute atomic E-state index is 0.0119. The molecular formula is C25H25ClN4O3. The quantitative estimate of drug-likeness (QED) is 0.424. The number of amides is 1. The lowest BCUT2D eigenvalue weighted by molar-refractivity contribution is 0.0750. The molecule has 0 bridgehead atoms. The number of aromatic nitrogens is 3. The summed E-state index contributed by atoms with van der Waals surface area (Å²) in [5.41, 5.74) is 1.78. The number of pyridine rings is 2. The van der Waals surface area contributed by atoms with E-state index in [2.05, 4.69) is 10.1 Å². The van der Waals surface area contributed by atoms with E-state index in [0.29, 0.717) is 33.8 Å². The summed E-state index contributed by atoms with van der Waals surface area (Å²) < 4.78 is 7.25. The summed E-state index contributed by atoms with van der Waals surface area (Å²) >= 11 is 6.55. The minimum atomic E-state index is -0.0936. The fourth-order valence-corrected chi connectivity index (χ4v) is 5.44. The highest BCUT2D eigenvalue weighted by Crippen LogP contribution is 2.37. The number of fused-ring (bicyclic) bond motifs is 3. The van der Waals surface area contributed by atoms with E-state index in [-0.39, 0.29) is 23.4 Å². The Bertz CT molecular complexity index is 1400. The third-order valence-electron chi connectivity index (χ3n) is 6.69. The molecule has 4 aromatic rings. The Hall–Kier alpha value is -3.19. The second kappa shape index (κ2) is 8.63. The van der Waals surface area contributed by atoms with Crippen molar-refractivity contribution >= 4 is 39.3 Å². The van der Waals surface area contributed by atoms with Crippen LogP contribution in [0.1, 0.15) is 47.8 Å². The molecule has 1 aliphatic rings. The highest BCUT2D eigenvalue weighted by molar-refractivity contribution is 6.37. The summed E-state index contributed by atoms with van der Waals surface area (Å²) in [6, 6.07) is 9.15. The lowest BCUT2D eigenvalue weighted by Gasteiger charge is -2.33. The van der Waals surface area contributed by atoms with Crippen molar-refractivity contribution in [1.82, 2.24) is 19.6 Å².